The third kappa shape index (κ3) is 2.79. The number of aromatic nitrogens is 5. The van der Waals surface area contributed by atoms with E-state index < -0.39 is 15.3 Å². The lowest BCUT2D eigenvalue weighted by atomic mass is 9.93. The zero-order chi connectivity index (χ0) is 18.5. The number of rotatable bonds is 5. The monoisotopic (exact) mass is 376 g/mol. The van der Waals surface area contributed by atoms with E-state index in [1.165, 1.54) is 0 Å². The van der Waals surface area contributed by atoms with Gasteiger partial charge in [-0.3, -0.25) is 4.40 Å². The molecule has 4 rings (SSSR count). The fourth-order valence-corrected chi connectivity index (χ4v) is 4.92. The zero-order valence-electron chi connectivity index (χ0n) is 15.2. The molecule has 3 unspecified atom stereocenters. The Balaban J connectivity index is 1.71. The molecule has 0 bridgehead atoms. The number of aromatic amines is 1. The quantitative estimate of drug-likeness (QED) is 0.710. The van der Waals surface area contributed by atoms with E-state index in [4.69, 9.17) is 0 Å². The number of H-pyrrole nitrogens is 1. The molecule has 9 heteroatoms. The van der Waals surface area contributed by atoms with Crippen LogP contribution in [0.4, 0.5) is 0 Å². The predicted molar refractivity (Wildman–Crippen MR) is 99.4 cm³/mol. The number of nitrogens with zero attached hydrogens (tertiary/aromatic N) is 4. The van der Waals surface area contributed by atoms with Crippen LogP contribution in [0.15, 0.2) is 18.5 Å². The van der Waals surface area contributed by atoms with Crippen molar-refractivity contribution in [3.05, 3.63) is 24.3 Å². The van der Waals surface area contributed by atoms with Crippen LogP contribution in [-0.4, -0.2) is 44.3 Å². The molecular formula is C17H24N6O2S. The fraction of sp³-hybridized carbons (Fsp3) is 0.588. The topological polar surface area (TPSA) is 105 Å². The van der Waals surface area contributed by atoms with Gasteiger partial charge in [-0.1, -0.05) is 13.3 Å². The molecule has 3 atom stereocenters. The van der Waals surface area contributed by atoms with E-state index in [1.54, 1.807) is 20.0 Å². The number of fused-ring (bicyclic) bond motifs is 3. The van der Waals surface area contributed by atoms with Crippen molar-refractivity contribution in [3.63, 3.8) is 0 Å². The highest BCUT2D eigenvalue weighted by Crippen LogP contribution is 2.41. The van der Waals surface area contributed by atoms with Crippen LogP contribution in [0.3, 0.4) is 0 Å². The number of hydrogen-bond donors (Lipinski definition) is 2. The lowest BCUT2D eigenvalue weighted by Crippen LogP contribution is -2.37. The second-order valence-corrected chi connectivity index (χ2v) is 9.64. The van der Waals surface area contributed by atoms with Crippen LogP contribution < -0.4 is 4.72 Å². The normalized spacial score (nSPS) is 24.2. The van der Waals surface area contributed by atoms with Crippen LogP contribution in [0.25, 0.3) is 16.8 Å². The minimum absolute atomic E-state index is 0.0618. The van der Waals surface area contributed by atoms with Gasteiger partial charge >= 0.3 is 0 Å². The summed E-state index contributed by atoms with van der Waals surface area (Å²) in [5.74, 6) is 1.42. The van der Waals surface area contributed by atoms with Gasteiger partial charge in [0.1, 0.15) is 5.82 Å². The van der Waals surface area contributed by atoms with E-state index in [0.717, 1.165) is 36.3 Å². The van der Waals surface area contributed by atoms with Gasteiger partial charge in [-0.05, 0) is 38.7 Å². The highest BCUT2D eigenvalue weighted by Gasteiger charge is 2.39. The SMILES string of the molecule is CCC1CC(NS(=O)(=O)C(C)C)CC1c1nnc2cnc3[nH]ccc3n12. The molecule has 0 aromatic carbocycles. The van der Waals surface area contributed by atoms with Crippen LogP contribution in [0.2, 0.25) is 0 Å². The molecule has 0 spiro atoms. The van der Waals surface area contributed by atoms with Crippen LogP contribution in [-0.2, 0) is 10.0 Å². The van der Waals surface area contributed by atoms with Gasteiger partial charge in [-0.2, -0.15) is 0 Å². The first-order chi connectivity index (χ1) is 12.4. The second kappa shape index (κ2) is 6.31. The first-order valence-corrected chi connectivity index (χ1v) is 10.6. The van der Waals surface area contributed by atoms with Crippen LogP contribution in [0, 0.1) is 5.92 Å². The Morgan fingerprint density at radius 1 is 1.35 bits per heavy atom. The Morgan fingerprint density at radius 3 is 2.88 bits per heavy atom. The Kier molecular flexibility index (Phi) is 4.23. The maximum atomic E-state index is 12.3. The van der Waals surface area contributed by atoms with Crippen molar-refractivity contribution in [2.24, 2.45) is 5.92 Å². The second-order valence-electron chi connectivity index (χ2n) is 7.38. The summed E-state index contributed by atoms with van der Waals surface area (Å²) in [7, 11) is -3.28. The van der Waals surface area contributed by atoms with Crippen molar-refractivity contribution in [1.29, 1.82) is 0 Å². The summed E-state index contributed by atoms with van der Waals surface area (Å²) < 4.78 is 29.5. The van der Waals surface area contributed by atoms with E-state index in [1.807, 2.05) is 16.7 Å². The van der Waals surface area contributed by atoms with Gasteiger partial charge in [-0.25, -0.2) is 18.1 Å². The van der Waals surface area contributed by atoms with E-state index in [9.17, 15) is 8.42 Å². The first kappa shape index (κ1) is 17.4. The van der Waals surface area contributed by atoms with Gasteiger partial charge < -0.3 is 4.98 Å². The molecule has 1 aliphatic rings. The Morgan fingerprint density at radius 2 is 2.15 bits per heavy atom. The average molecular weight is 376 g/mol. The maximum Gasteiger partial charge on any atom is 0.214 e. The summed E-state index contributed by atoms with van der Waals surface area (Å²) in [4.78, 5) is 7.48. The van der Waals surface area contributed by atoms with Crippen molar-refractivity contribution >= 4 is 26.8 Å². The molecule has 26 heavy (non-hydrogen) atoms. The summed E-state index contributed by atoms with van der Waals surface area (Å²) in [6.07, 6.45) is 6.10. The minimum Gasteiger partial charge on any atom is -0.345 e. The van der Waals surface area contributed by atoms with Gasteiger partial charge in [0.05, 0.1) is 17.0 Å². The predicted octanol–water partition coefficient (Wildman–Crippen LogP) is 2.21. The molecule has 3 heterocycles. The van der Waals surface area contributed by atoms with Crippen LogP contribution in [0.5, 0.6) is 0 Å². The molecule has 1 aliphatic carbocycles. The van der Waals surface area contributed by atoms with Gasteiger partial charge in [0, 0.05) is 18.2 Å². The van der Waals surface area contributed by atoms with Crippen molar-refractivity contribution in [1.82, 2.24) is 29.3 Å². The van der Waals surface area contributed by atoms with Crippen molar-refractivity contribution in [2.75, 3.05) is 0 Å². The number of hydrogen-bond acceptors (Lipinski definition) is 5. The molecule has 0 saturated heterocycles. The van der Waals surface area contributed by atoms with E-state index in [-0.39, 0.29) is 12.0 Å². The Bertz CT molecular complexity index is 1040. The van der Waals surface area contributed by atoms with Crippen molar-refractivity contribution in [2.45, 2.75) is 57.2 Å². The maximum absolute atomic E-state index is 12.3. The highest BCUT2D eigenvalue weighted by molar-refractivity contribution is 7.90. The molecule has 2 N–H and O–H groups in total. The third-order valence-corrected chi connectivity index (χ3v) is 7.37. The molecule has 0 aliphatic heterocycles. The van der Waals surface area contributed by atoms with Crippen molar-refractivity contribution < 1.29 is 8.42 Å². The Hall–Kier alpha value is -2.00. The molecule has 1 saturated carbocycles. The molecular weight excluding hydrogens is 352 g/mol. The van der Waals surface area contributed by atoms with E-state index >= 15 is 0 Å². The average Bonchev–Trinajstić information content (AvgIpc) is 3.30. The molecule has 0 amide bonds. The molecule has 8 nitrogen and oxygen atoms in total. The largest absolute Gasteiger partial charge is 0.345 e. The zero-order valence-corrected chi connectivity index (χ0v) is 16.0. The van der Waals surface area contributed by atoms with Crippen molar-refractivity contribution in [3.8, 4) is 0 Å². The minimum atomic E-state index is -3.28. The highest BCUT2D eigenvalue weighted by atomic mass is 32.2. The van der Waals surface area contributed by atoms with Gasteiger partial charge in [-0.15, -0.1) is 10.2 Å². The summed E-state index contributed by atoms with van der Waals surface area (Å²) in [6.45, 7) is 5.55. The number of nitrogens with one attached hydrogen (secondary N) is 2. The van der Waals surface area contributed by atoms with E-state index in [2.05, 4.69) is 31.8 Å². The van der Waals surface area contributed by atoms with Crippen LogP contribution >= 0.6 is 0 Å². The molecule has 0 radical (unpaired) electrons. The van der Waals surface area contributed by atoms with E-state index in [0.29, 0.717) is 11.6 Å². The van der Waals surface area contributed by atoms with Gasteiger partial charge in [0.2, 0.25) is 10.0 Å². The number of sulfonamides is 1. The van der Waals surface area contributed by atoms with Gasteiger partial charge in [0.25, 0.3) is 0 Å². The lowest BCUT2D eigenvalue weighted by molar-refractivity contribution is 0.449. The molecule has 3 aromatic heterocycles. The molecule has 3 aromatic rings. The van der Waals surface area contributed by atoms with Crippen LogP contribution in [0.1, 0.15) is 51.8 Å². The fourth-order valence-electron chi connectivity index (χ4n) is 4.00. The smallest absolute Gasteiger partial charge is 0.214 e. The molecule has 140 valence electrons. The lowest BCUT2D eigenvalue weighted by Gasteiger charge is -2.16. The Labute approximate surface area is 152 Å². The summed E-state index contributed by atoms with van der Waals surface area (Å²) >= 11 is 0. The first-order valence-electron chi connectivity index (χ1n) is 9.09. The third-order valence-electron chi connectivity index (χ3n) is 5.47. The summed E-state index contributed by atoms with van der Waals surface area (Å²) in [5, 5.41) is 8.31. The molecule has 1 fully saturated rings. The van der Waals surface area contributed by atoms with Gasteiger partial charge in [0.15, 0.2) is 11.3 Å². The summed E-state index contributed by atoms with van der Waals surface area (Å²) in [5.41, 5.74) is 2.46. The summed E-state index contributed by atoms with van der Waals surface area (Å²) in [6, 6.07) is 1.91. The standard InChI is InChI=1S/C17H24N6O2S/c1-4-11-7-12(22-26(24,25)10(2)3)8-13(11)17-21-20-15-9-19-16-14(23(15)17)5-6-18-16/h5-6,9-13,18,22H,4,7-8H2,1-3H3.